The summed E-state index contributed by atoms with van der Waals surface area (Å²) in [6, 6.07) is 0. The number of nitrogens with zero attached hydrogens (tertiary/aromatic N) is 1. The first-order valence-corrected chi connectivity index (χ1v) is 6.43. The minimum Gasteiger partial charge on any atom is -0.383 e. The standard InChI is InChI=1S/C13H29N3O/c1-13(2,3)8-6-7-9-15-12(14-4)16-10-11-17-5/h6-11H2,1-5H3,(H2,14,15,16). The molecule has 0 atom stereocenters. The molecule has 0 saturated heterocycles. The fourth-order valence-corrected chi connectivity index (χ4v) is 1.48. The van der Waals surface area contributed by atoms with Crippen molar-refractivity contribution in [2.45, 2.75) is 40.0 Å². The maximum Gasteiger partial charge on any atom is 0.191 e. The van der Waals surface area contributed by atoms with Crippen LogP contribution in [0.1, 0.15) is 40.0 Å². The molecule has 0 radical (unpaired) electrons. The summed E-state index contributed by atoms with van der Waals surface area (Å²) >= 11 is 0. The van der Waals surface area contributed by atoms with Gasteiger partial charge in [0.25, 0.3) is 0 Å². The first-order valence-electron chi connectivity index (χ1n) is 6.43. The third kappa shape index (κ3) is 11.5. The van der Waals surface area contributed by atoms with Gasteiger partial charge in [-0.15, -0.1) is 0 Å². The molecule has 0 aromatic rings. The van der Waals surface area contributed by atoms with Crippen LogP contribution >= 0.6 is 0 Å². The molecular formula is C13H29N3O. The van der Waals surface area contributed by atoms with Gasteiger partial charge in [-0.25, -0.2) is 0 Å². The molecule has 17 heavy (non-hydrogen) atoms. The highest BCUT2D eigenvalue weighted by atomic mass is 16.5. The molecule has 0 aromatic heterocycles. The lowest BCUT2D eigenvalue weighted by atomic mass is 9.90. The summed E-state index contributed by atoms with van der Waals surface area (Å²) in [4.78, 5) is 4.15. The van der Waals surface area contributed by atoms with Crippen molar-refractivity contribution < 1.29 is 4.74 Å². The molecule has 0 saturated carbocycles. The van der Waals surface area contributed by atoms with Gasteiger partial charge in [-0.3, -0.25) is 4.99 Å². The zero-order valence-corrected chi connectivity index (χ0v) is 12.1. The van der Waals surface area contributed by atoms with E-state index in [1.165, 1.54) is 19.3 Å². The van der Waals surface area contributed by atoms with Gasteiger partial charge in [0.2, 0.25) is 0 Å². The summed E-state index contributed by atoms with van der Waals surface area (Å²) in [5.41, 5.74) is 0.443. The van der Waals surface area contributed by atoms with Crippen molar-refractivity contribution in [3.05, 3.63) is 0 Å². The van der Waals surface area contributed by atoms with Crippen LogP contribution in [0.5, 0.6) is 0 Å². The Hall–Kier alpha value is -0.770. The fourth-order valence-electron chi connectivity index (χ4n) is 1.48. The minimum absolute atomic E-state index is 0.443. The number of ether oxygens (including phenoxy) is 1. The van der Waals surface area contributed by atoms with E-state index in [1.807, 2.05) is 0 Å². The van der Waals surface area contributed by atoms with Crippen molar-refractivity contribution in [3.8, 4) is 0 Å². The normalized spacial score (nSPS) is 12.6. The lowest BCUT2D eigenvalue weighted by Crippen LogP contribution is -2.39. The first kappa shape index (κ1) is 16.2. The summed E-state index contributed by atoms with van der Waals surface area (Å²) in [5.74, 6) is 0.859. The topological polar surface area (TPSA) is 45.7 Å². The summed E-state index contributed by atoms with van der Waals surface area (Å²) in [5, 5.41) is 6.49. The largest absolute Gasteiger partial charge is 0.383 e. The Labute approximate surface area is 106 Å². The van der Waals surface area contributed by atoms with Crippen LogP contribution in [0.4, 0.5) is 0 Å². The van der Waals surface area contributed by atoms with Gasteiger partial charge >= 0.3 is 0 Å². The van der Waals surface area contributed by atoms with Crippen molar-refractivity contribution in [1.29, 1.82) is 0 Å². The summed E-state index contributed by atoms with van der Waals surface area (Å²) in [7, 11) is 3.49. The van der Waals surface area contributed by atoms with Crippen LogP contribution in [0.2, 0.25) is 0 Å². The number of unbranched alkanes of at least 4 members (excludes halogenated alkanes) is 1. The van der Waals surface area contributed by atoms with Gasteiger partial charge in [0.15, 0.2) is 5.96 Å². The Balaban J connectivity index is 3.51. The fraction of sp³-hybridized carbons (Fsp3) is 0.923. The van der Waals surface area contributed by atoms with Crippen LogP contribution in [0.25, 0.3) is 0 Å². The van der Waals surface area contributed by atoms with Gasteiger partial charge in [-0.05, 0) is 18.3 Å². The van der Waals surface area contributed by atoms with E-state index in [0.717, 1.165) is 19.0 Å². The van der Waals surface area contributed by atoms with Crippen molar-refractivity contribution in [2.75, 3.05) is 33.9 Å². The zero-order valence-electron chi connectivity index (χ0n) is 12.1. The predicted molar refractivity (Wildman–Crippen MR) is 74.5 cm³/mol. The summed E-state index contributed by atoms with van der Waals surface area (Å²) in [6.45, 7) is 9.31. The summed E-state index contributed by atoms with van der Waals surface area (Å²) in [6.07, 6.45) is 3.71. The maximum atomic E-state index is 4.97. The molecule has 4 nitrogen and oxygen atoms in total. The molecule has 0 aliphatic carbocycles. The Kier molecular flexibility index (Phi) is 8.86. The van der Waals surface area contributed by atoms with E-state index < -0.39 is 0 Å². The number of aliphatic imine (C=N–C) groups is 1. The molecule has 0 rings (SSSR count). The van der Waals surface area contributed by atoms with E-state index in [0.29, 0.717) is 12.0 Å². The number of nitrogens with one attached hydrogen (secondary N) is 2. The molecule has 102 valence electrons. The molecule has 4 heteroatoms. The Morgan fingerprint density at radius 2 is 1.76 bits per heavy atom. The van der Waals surface area contributed by atoms with Crippen LogP contribution in [0, 0.1) is 5.41 Å². The second kappa shape index (κ2) is 9.28. The predicted octanol–water partition coefficient (Wildman–Crippen LogP) is 2.01. The van der Waals surface area contributed by atoms with Gasteiger partial charge in [0.05, 0.1) is 6.61 Å². The van der Waals surface area contributed by atoms with Crippen molar-refractivity contribution in [1.82, 2.24) is 10.6 Å². The van der Waals surface area contributed by atoms with Crippen LogP contribution in [0.3, 0.4) is 0 Å². The number of hydrogen-bond donors (Lipinski definition) is 2. The van der Waals surface area contributed by atoms with E-state index in [2.05, 4.69) is 36.4 Å². The lowest BCUT2D eigenvalue weighted by Gasteiger charge is -2.18. The monoisotopic (exact) mass is 243 g/mol. The molecule has 0 aromatic carbocycles. The number of guanidine groups is 1. The minimum atomic E-state index is 0.443. The number of hydrogen-bond acceptors (Lipinski definition) is 2. The highest BCUT2D eigenvalue weighted by molar-refractivity contribution is 5.79. The quantitative estimate of drug-likeness (QED) is 0.408. The van der Waals surface area contributed by atoms with Crippen LogP contribution in [-0.2, 0) is 4.74 Å². The third-order valence-electron chi connectivity index (χ3n) is 2.47. The molecular weight excluding hydrogens is 214 g/mol. The Morgan fingerprint density at radius 1 is 1.12 bits per heavy atom. The number of rotatable bonds is 7. The third-order valence-corrected chi connectivity index (χ3v) is 2.47. The van der Waals surface area contributed by atoms with Crippen LogP contribution < -0.4 is 10.6 Å². The molecule has 0 heterocycles. The van der Waals surface area contributed by atoms with Gasteiger partial charge in [-0.2, -0.15) is 0 Å². The highest BCUT2D eigenvalue weighted by Crippen LogP contribution is 2.20. The molecule has 0 spiro atoms. The Morgan fingerprint density at radius 3 is 2.29 bits per heavy atom. The molecule has 2 N–H and O–H groups in total. The molecule has 0 amide bonds. The van der Waals surface area contributed by atoms with E-state index in [-0.39, 0.29) is 0 Å². The molecule has 0 unspecified atom stereocenters. The van der Waals surface area contributed by atoms with E-state index in [1.54, 1.807) is 14.2 Å². The van der Waals surface area contributed by atoms with E-state index in [9.17, 15) is 0 Å². The SMILES string of the molecule is CN=C(NCCCCC(C)(C)C)NCCOC. The average molecular weight is 243 g/mol. The van der Waals surface area contributed by atoms with Gasteiger partial charge < -0.3 is 15.4 Å². The van der Waals surface area contributed by atoms with Gasteiger partial charge in [-0.1, -0.05) is 27.2 Å². The molecule has 0 aliphatic heterocycles. The van der Waals surface area contributed by atoms with Crippen molar-refractivity contribution in [3.63, 3.8) is 0 Å². The number of methoxy groups -OCH3 is 1. The van der Waals surface area contributed by atoms with Crippen molar-refractivity contribution in [2.24, 2.45) is 10.4 Å². The smallest absolute Gasteiger partial charge is 0.191 e. The second-order valence-corrected chi connectivity index (χ2v) is 5.44. The zero-order chi connectivity index (χ0) is 13.1. The first-order chi connectivity index (χ1) is 7.99. The van der Waals surface area contributed by atoms with Crippen LogP contribution in [-0.4, -0.2) is 39.8 Å². The molecule has 0 fully saturated rings. The van der Waals surface area contributed by atoms with Crippen LogP contribution in [0.15, 0.2) is 4.99 Å². The van der Waals surface area contributed by atoms with Crippen molar-refractivity contribution >= 4 is 5.96 Å². The second-order valence-electron chi connectivity index (χ2n) is 5.44. The molecule has 0 bridgehead atoms. The van der Waals surface area contributed by atoms with Gasteiger partial charge in [0, 0.05) is 27.2 Å². The maximum absolute atomic E-state index is 4.97. The Bertz CT molecular complexity index is 209. The molecule has 0 aliphatic rings. The van der Waals surface area contributed by atoms with E-state index in [4.69, 9.17) is 4.74 Å². The van der Waals surface area contributed by atoms with E-state index >= 15 is 0 Å². The highest BCUT2D eigenvalue weighted by Gasteiger charge is 2.08. The average Bonchev–Trinajstić information content (AvgIpc) is 2.25. The van der Waals surface area contributed by atoms with Gasteiger partial charge in [0.1, 0.15) is 0 Å². The summed E-state index contributed by atoms with van der Waals surface area (Å²) < 4.78 is 4.97. The lowest BCUT2D eigenvalue weighted by molar-refractivity contribution is 0.203.